The highest BCUT2D eigenvalue weighted by Crippen LogP contribution is 2.41. The first-order valence-corrected chi connectivity index (χ1v) is 8.85. The predicted molar refractivity (Wildman–Crippen MR) is 95.3 cm³/mol. The van der Waals surface area contributed by atoms with Gasteiger partial charge in [0, 0.05) is 16.7 Å². The summed E-state index contributed by atoms with van der Waals surface area (Å²) in [6, 6.07) is 16.3. The van der Waals surface area contributed by atoms with Crippen molar-refractivity contribution < 1.29 is 4.79 Å². The highest BCUT2D eigenvalue weighted by molar-refractivity contribution is 9.10. The Hall–Kier alpha value is -1.65. The Kier molecular flexibility index (Phi) is 3.74. The summed E-state index contributed by atoms with van der Waals surface area (Å²) in [6.07, 6.45) is 2.39. The number of hydrogen-bond acceptors (Lipinski definition) is 2. The molecule has 2 aromatic carbocycles. The lowest BCUT2D eigenvalue weighted by molar-refractivity contribution is -0.119. The third kappa shape index (κ3) is 2.50. The van der Waals surface area contributed by atoms with Gasteiger partial charge in [0.1, 0.15) is 6.04 Å². The lowest BCUT2D eigenvalue weighted by Crippen LogP contribution is -2.35. The normalized spacial score (nSPS) is 24.3. The second kappa shape index (κ2) is 5.77. The van der Waals surface area contributed by atoms with Crippen molar-refractivity contribution in [3.63, 3.8) is 0 Å². The summed E-state index contributed by atoms with van der Waals surface area (Å²) >= 11 is 3.47. The number of carbonyl (C=O) groups is 1. The molecule has 2 saturated heterocycles. The lowest BCUT2D eigenvalue weighted by Gasteiger charge is -2.24. The van der Waals surface area contributed by atoms with Gasteiger partial charge in [0.2, 0.25) is 5.91 Å². The van der Waals surface area contributed by atoms with Crippen molar-refractivity contribution in [2.45, 2.75) is 32.0 Å². The zero-order valence-electron chi connectivity index (χ0n) is 13.1. The molecule has 2 aromatic rings. The Morgan fingerprint density at radius 2 is 1.74 bits per heavy atom. The minimum Gasteiger partial charge on any atom is -0.294 e. The number of amides is 1. The first-order valence-electron chi connectivity index (χ1n) is 8.06. The topological polar surface area (TPSA) is 23.6 Å². The molecule has 2 aliphatic heterocycles. The molecule has 3 nitrogen and oxygen atoms in total. The monoisotopic (exact) mass is 370 g/mol. The van der Waals surface area contributed by atoms with Crippen LogP contribution in [0.5, 0.6) is 0 Å². The quantitative estimate of drug-likeness (QED) is 0.787. The summed E-state index contributed by atoms with van der Waals surface area (Å²) in [6.45, 7) is 3.06. The van der Waals surface area contributed by atoms with Crippen molar-refractivity contribution in [3.05, 3.63) is 64.1 Å². The molecule has 0 spiro atoms. The largest absolute Gasteiger partial charge is 0.294 e. The number of hydrogen-bond donors (Lipinski definition) is 0. The molecular weight excluding hydrogens is 352 g/mol. The van der Waals surface area contributed by atoms with E-state index in [1.165, 1.54) is 5.56 Å². The van der Waals surface area contributed by atoms with Crippen LogP contribution in [0.4, 0.5) is 5.69 Å². The maximum absolute atomic E-state index is 13.2. The molecule has 0 bridgehead atoms. The van der Waals surface area contributed by atoms with Crippen LogP contribution in [-0.4, -0.2) is 23.5 Å². The van der Waals surface area contributed by atoms with Gasteiger partial charge >= 0.3 is 0 Å². The van der Waals surface area contributed by atoms with Crippen molar-refractivity contribution in [2.24, 2.45) is 0 Å². The van der Waals surface area contributed by atoms with E-state index in [2.05, 4.69) is 64.2 Å². The second-order valence-electron chi connectivity index (χ2n) is 6.36. The Bertz CT molecular complexity index is 665. The van der Waals surface area contributed by atoms with E-state index in [0.717, 1.165) is 35.1 Å². The van der Waals surface area contributed by atoms with E-state index in [0.29, 0.717) is 0 Å². The molecule has 4 rings (SSSR count). The average Bonchev–Trinajstić information content (AvgIpc) is 3.10. The van der Waals surface area contributed by atoms with Crippen LogP contribution < -0.4 is 4.90 Å². The molecule has 2 fully saturated rings. The van der Waals surface area contributed by atoms with Crippen molar-refractivity contribution in [3.8, 4) is 0 Å². The number of halogens is 1. The van der Waals surface area contributed by atoms with E-state index in [4.69, 9.17) is 0 Å². The average molecular weight is 371 g/mol. The minimum absolute atomic E-state index is 0.156. The Balaban J connectivity index is 1.73. The van der Waals surface area contributed by atoms with Crippen molar-refractivity contribution in [2.75, 3.05) is 11.4 Å². The number of carbonyl (C=O) groups excluding carboxylic acids is 1. The van der Waals surface area contributed by atoms with Gasteiger partial charge in [-0.3, -0.25) is 14.6 Å². The van der Waals surface area contributed by atoms with Crippen molar-refractivity contribution in [1.82, 2.24) is 4.90 Å². The molecule has 2 atom stereocenters. The molecule has 2 aliphatic rings. The first-order chi connectivity index (χ1) is 11.1. The first kappa shape index (κ1) is 14.9. The molecule has 1 amide bonds. The third-order valence-electron chi connectivity index (χ3n) is 4.86. The molecule has 0 aliphatic carbocycles. The van der Waals surface area contributed by atoms with Crippen LogP contribution in [0.3, 0.4) is 0 Å². The number of rotatable bonds is 2. The van der Waals surface area contributed by atoms with E-state index in [1.807, 2.05) is 17.0 Å². The molecule has 118 valence electrons. The maximum Gasteiger partial charge on any atom is 0.250 e. The van der Waals surface area contributed by atoms with Gasteiger partial charge in [-0.1, -0.05) is 45.8 Å². The standard InChI is InChI=1S/C19H19BrN2O/c1-13-4-10-16(11-5-13)22-17-3-2-12-21(17)18(19(22)23)14-6-8-15(20)9-7-14/h4-11,17-18H,2-3,12H2,1H3/t17-,18+/m0/s1. The van der Waals surface area contributed by atoms with Crippen LogP contribution in [0.15, 0.2) is 53.0 Å². The minimum atomic E-state index is -0.156. The molecule has 4 heteroatoms. The number of fused-ring (bicyclic) bond motifs is 1. The molecule has 23 heavy (non-hydrogen) atoms. The van der Waals surface area contributed by atoms with Gasteiger partial charge < -0.3 is 0 Å². The van der Waals surface area contributed by atoms with Crippen LogP contribution in [0.2, 0.25) is 0 Å². The fourth-order valence-electron chi connectivity index (χ4n) is 3.75. The van der Waals surface area contributed by atoms with Gasteiger partial charge in [-0.05, 0) is 49.6 Å². The number of benzene rings is 2. The van der Waals surface area contributed by atoms with E-state index in [-0.39, 0.29) is 18.1 Å². The van der Waals surface area contributed by atoms with E-state index >= 15 is 0 Å². The Labute approximate surface area is 145 Å². The predicted octanol–water partition coefficient (Wildman–Crippen LogP) is 4.27. The Morgan fingerprint density at radius 1 is 1.04 bits per heavy atom. The van der Waals surface area contributed by atoms with Gasteiger partial charge in [0.15, 0.2) is 0 Å². The van der Waals surface area contributed by atoms with Crippen LogP contribution in [-0.2, 0) is 4.79 Å². The second-order valence-corrected chi connectivity index (χ2v) is 7.27. The molecule has 0 saturated carbocycles. The van der Waals surface area contributed by atoms with E-state index in [9.17, 15) is 4.79 Å². The van der Waals surface area contributed by atoms with Gasteiger partial charge in [0.05, 0.1) is 6.17 Å². The number of nitrogens with zero attached hydrogens (tertiary/aromatic N) is 2. The van der Waals surface area contributed by atoms with Gasteiger partial charge in [0.25, 0.3) is 0 Å². The number of anilines is 1. The lowest BCUT2D eigenvalue weighted by atomic mass is 10.1. The Morgan fingerprint density at radius 3 is 2.43 bits per heavy atom. The summed E-state index contributed by atoms with van der Waals surface area (Å²) in [7, 11) is 0. The third-order valence-corrected chi connectivity index (χ3v) is 5.39. The molecule has 0 unspecified atom stereocenters. The molecular formula is C19H19BrN2O. The number of aryl methyl sites for hydroxylation is 1. The summed E-state index contributed by atoms with van der Waals surface area (Å²) in [5.74, 6) is 0.195. The molecule has 0 aromatic heterocycles. The summed E-state index contributed by atoms with van der Waals surface area (Å²) < 4.78 is 1.04. The van der Waals surface area contributed by atoms with Crippen molar-refractivity contribution >= 4 is 27.5 Å². The fraction of sp³-hybridized carbons (Fsp3) is 0.316. The van der Waals surface area contributed by atoms with Crippen LogP contribution >= 0.6 is 15.9 Å². The maximum atomic E-state index is 13.2. The zero-order valence-corrected chi connectivity index (χ0v) is 14.7. The highest BCUT2D eigenvalue weighted by atomic mass is 79.9. The van der Waals surface area contributed by atoms with Crippen LogP contribution in [0.1, 0.15) is 30.0 Å². The fourth-order valence-corrected chi connectivity index (χ4v) is 4.02. The van der Waals surface area contributed by atoms with Gasteiger partial charge in [-0.15, -0.1) is 0 Å². The molecule has 0 N–H and O–H groups in total. The zero-order chi connectivity index (χ0) is 16.0. The van der Waals surface area contributed by atoms with Crippen LogP contribution in [0.25, 0.3) is 0 Å². The summed E-state index contributed by atoms with van der Waals surface area (Å²) in [4.78, 5) is 17.5. The molecule has 2 heterocycles. The SMILES string of the molecule is Cc1ccc(N2C(=O)[C@@H](c3ccc(Br)cc3)N3CCC[C@H]23)cc1. The summed E-state index contributed by atoms with van der Waals surface area (Å²) in [5.41, 5.74) is 3.31. The van der Waals surface area contributed by atoms with Crippen molar-refractivity contribution in [1.29, 1.82) is 0 Å². The van der Waals surface area contributed by atoms with E-state index < -0.39 is 0 Å². The van der Waals surface area contributed by atoms with E-state index in [1.54, 1.807) is 0 Å². The summed E-state index contributed by atoms with van der Waals surface area (Å²) in [5, 5.41) is 0. The smallest absolute Gasteiger partial charge is 0.250 e. The highest BCUT2D eigenvalue weighted by Gasteiger charge is 2.49. The molecule has 0 radical (unpaired) electrons. The van der Waals surface area contributed by atoms with Crippen LogP contribution in [0, 0.1) is 6.92 Å². The van der Waals surface area contributed by atoms with Gasteiger partial charge in [-0.25, -0.2) is 0 Å². The van der Waals surface area contributed by atoms with Gasteiger partial charge in [-0.2, -0.15) is 0 Å².